The minimum absolute atomic E-state index is 0.0373. The third-order valence-electron chi connectivity index (χ3n) is 4.25. The highest BCUT2D eigenvalue weighted by Gasteiger charge is 2.22. The standard InChI is InChI=1S/C20H16ClNO6/c1-11(16-7-12-4-2-3-5-15(12)28-16)22-18(23)9-25-20(24)13-6-14(21)19-17(8-13)26-10-27-19/h2-8,11H,9-10H2,1H3,(H,22,23)/t11-/m0/s1. The Balaban J connectivity index is 1.35. The lowest BCUT2D eigenvalue weighted by atomic mass is 10.2. The average molecular weight is 402 g/mol. The van der Waals surface area contributed by atoms with E-state index in [0.717, 1.165) is 11.0 Å². The van der Waals surface area contributed by atoms with Crippen LogP contribution in [0.25, 0.3) is 11.0 Å². The van der Waals surface area contributed by atoms with Crippen molar-refractivity contribution >= 4 is 34.4 Å². The largest absolute Gasteiger partial charge is 0.459 e. The first-order chi connectivity index (χ1) is 13.5. The molecule has 2 heterocycles. The van der Waals surface area contributed by atoms with Gasteiger partial charge in [0.05, 0.1) is 16.6 Å². The predicted octanol–water partition coefficient (Wildman–Crippen LogP) is 3.85. The predicted molar refractivity (Wildman–Crippen MR) is 101 cm³/mol. The van der Waals surface area contributed by atoms with Crippen LogP contribution in [0, 0.1) is 0 Å². The molecule has 4 rings (SSSR count). The Hall–Kier alpha value is -3.19. The molecule has 0 spiro atoms. The van der Waals surface area contributed by atoms with E-state index in [9.17, 15) is 9.59 Å². The highest BCUT2D eigenvalue weighted by molar-refractivity contribution is 6.32. The molecular weight excluding hydrogens is 386 g/mol. The van der Waals surface area contributed by atoms with Gasteiger partial charge >= 0.3 is 5.97 Å². The van der Waals surface area contributed by atoms with Crippen molar-refractivity contribution in [2.24, 2.45) is 0 Å². The molecule has 0 saturated heterocycles. The second-order valence-corrected chi connectivity index (χ2v) is 6.65. The van der Waals surface area contributed by atoms with Gasteiger partial charge in [0.15, 0.2) is 18.1 Å². The number of esters is 1. The Bertz CT molecular complexity index is 1030. The first kappa shape index (κ1) is 18.2. The monoisotopic (exact) mass is 401 g/mol. The summed E-state index contributed by atoms with van der Waals surface area (Å²) in [5.41, 5.74) is 0.914. The Morgan fingerprint density at radius 2 is 2.04 bits per heavy atom. The Kier molecular flexibility index (Phi) is 4.83. The highest BCUT2D eigenvalue weighted by atomic mass is 35.5. The smallest absolute Gasteiger partial charge is 0.338 e. The van der Waals surface area contributed by atoms with E-state index in [1.54, 1.807) is 6.92 Å². The van der Waals surface area contributed by atoms with Crippen molar-refractivity contribution in [1.29, 1.82) is 0 Å². The van der Waals surface area contributed by atoms with Gasteiger partial charge in [-0.05, 0) is 31.2 Å². The molecule has 28 heavy (non-hydrogen) atoms. The molecule has 1 aliphatic rings. The van der Waals surface area contributed by atoms with Gasteiger partial charge in [0, 0.05) is 5.39 Å². The fourth-order valence-corrected chi connectivity index (χ4v) is 3.13. The molecular formula is C20H16ClNO6. The molecule has 3 aromatic rings. The molecule has 0 aliphatic carbocycles. The Morgan fingerprint density at radius 3 is 2.86 bits per heavy atom. The zero-order valence-electron chi connectivity index (χ0n) is 14.9. The van der Waals surface area contributed by atoms with Crippen molar-refractivity contribution < 1.29 is 28.2 Å². The first-order valence-corrected chi connectivity index (χ1v) is 8.93. The minimum Gasteiger partial charge on any atom is -0.459 e. The topological polar surface area (TPSA) is 87.0 Å². The van der Waals surface area contributed by atoms with E-state index in [2.05, 4.69) is 5.32 Å². The highest BCUT2D eigenvalue weighted by Crippen LogP contribution is 2.39. The molecule has 7 nitrogen and oxygen atoms in total. The fraction of sp³-hybridized carbons (Fsp3) is 0.200. The number of para-hydroxylation sites is 1. The van der Waals surface area contributed by atoms with Gasteiger partial charge in [-0.1, -0.05) is 29.8 Å². The van der Waals surface area contributed by atoms with E-state index in [4.69, 9.17) is 30.2 Å². The maximum atomic E-state index is 12.2. The first-order valence-electron chi connectivity index (χ1n) is 8.55. The van der Waals surface area contributed by atoms with Crippen LogP contribution in [-0.4, -0.2) is 25.3 Å². The molecule has 0 radical (unpaired) electrons. The summed E-state index contributed by atoms with van der Waals surface area (Å²) < 4.78 is 21.2. The van der Waals surface area contributed by atoms with Crippen LogP contribution < -0.4 is 14.8 Å². The number of halogens is 1. The van der Waals surface area contributed by atoms with Crippen LogP contribution in [0.4, 0.5) is 0 Å². The van der Waals surface area contributed by atoms with Gasteiger partial charge in [-0.2, -0.15) is 0 Å². The summed E-state index contributed by atoms with van der Waals surface area (Å²) in [6.07, 6.45) is 0. The average Bonchev–Trinajstić information content (AvgIpc) is 3.32. The van der Waals surface area contributed by atoms with Gasteiger partial charge in [0.25, 0.3) is 5.91 Å². The van der Waals surface area contributed by atoms with Crippen molar-refractivity contribution in [1.82, 2.24) is 5.32 Å². The summed E-state index contributed by atoms with van der Waals surface area (Å²) in [6.45, 7) is 1.39. The van der Waals surface area contributed by atoms with Gasteiger partial charge in [-0.25, -0.2) is 4.79 Å². The molecule has 144 valence electrons. The minimum atomic E-state index is -0.688. The molecule has 1 aromatic heterocycles. The Labute approximate surface area is 165 Å². The van der Waals surface area contributed by atoms with Gasteiger partial charge < -0.3 is 23.9 Å². The number of ether oxygens (including phenoxy) is 3. The van der Waals surface area contributed by atoms with Crippen LogP contribution >= 0.6 is 11.6 Å². The van der Waals surface area contributed by atoms with E-state index >= 15 is 0 Å². The molecule has 0 fully saturated rings. The van der Waals surface area contributed by atoms with Crippen molar-refractivity contribution in [3.63, 3.8) is 0 Å². The molecule has 1 amide bonds. The number of rotatable bonds is 5. The summed E-state index contributed by atoms with van der Waals surface area (Å²) in [4.78, 5) is 24.3. The lowest BCUT2D eigenvalue weighted by molar-refractivity contribution is -0.125. The van der Waals surface area contributed by atoms with E-state index < -0.39 is 18.5 Å². The molecule has 0 unspecified atom stereocenters. The zero-order valence-corrected chi connectivity index (χ0v) is 15.6. The zero-order chi connectivity index (χ0) is 19.7. The van der Waals surface area contributed by atoms with Crippen molar-refractivity contribution in [3.05, 3.63) is 58.8 Å². The Morgan fingerprint density at radius 1 is 1.21 bits per heavy atom. The number of carbonyl (C=O) groups excluding carboxylic acids is 2. The molecule has 0 bridgehead atoms. The third-order valence-corrected chi connectivity index (χ3v) is 4.53. The summed E-state index contributed by atoms with van der Waals surface area (Å²) in [7, 11) is 0. The van der Waals surface area contributed by atoms with Crippen LogP contribution in [-0.2, 0) is 9.53 Å². The van der Waals surface area contributed by atoms with Crippen molar-refractivity contribution in [3.8, 4) is 11.5 Å². The SMILES string of the molecule is C[C@H](NC(=O)COC(=O)c1cc(Cl)c2c(c1)OCO2)c1cc2ccccc2o1. The second-order valence-electron chi connectivity index (χ2n) is 6.24. The molecule has 1 atom stereocenters. The van der Waals surface area contributed by atoms with Crippen LogP contribution in [0.15, 0.2) is 46.9 Å². The van der Waals surface area contributed by atoms with Gasteiger partial charge in [-0.3, -0.25) is 4.79 Å². The molecule has 1 aliphatic heterocycles. The number of amides is 1. The van der Waals surface area contributed by atoms with Gasteiger partial charge in [0.2, 0.25) is 6.79 Å². The van der Waals surface area contributed by atoms with Crippen LogP contribution in [0.3, 0.4) is 0 Å². The lowest BCUT2D eigenvalue weighted by Crippen LogP contribution is -2.31. The number of benzene rings is 2. The normalized spacial score (nSPS) is 13.4. The number of nitrogens with one attached hydrogen (secondary N) is 1. The maximum Gasteiger partial charge on any atom is 0.338 e. The number of furan rings is 1. The number of fused-ring (bicyclic) bond motifs is 2. The fourth-order valence-electron chi connectivity index (χ4n) is 2.87. The van der Waals surface area contributed by atoms with Crippen molar-refractivity contribution in [2.45, 2.75) is 13.0 Å². The molecule has 0 saturated carbocycles. The molecule has 1 N–H and O–H groups in total. The van der Waals surface area contributed by atoms with Gasteiger partial charge in [0.1, 0.15) is 11.3 Å². The molecule has 8 heteroatoms. The van der Waals surface area contributed by atoms with E-state index in [1.807, 2.05) is 30.3 Å². The molecule has 2 aromatic carbocycles. The van der Waals surface area contributed by atoms with Crippen molar-refractivity contribution in [2.75, 3.05) is 13.4 Å². The summed E-state index contributed by atoms with van der Waals surface area (Å²) in [5, 5.41) is 3.93. The summed E-state index contributed by atoms with van der Waals surface area (Å²) in [6, 6.07) is 11.9. The van der Waals surface area contributed by atoms with Crippen LogP contribution in [0.2, 0.25) is 5.02 Å². The van der Waals surface area contributed by atoms with Crippen LogP contribution in [0.1, 0.15) is 29.1 Å². The van der Waals surface area contributed by atoms with E-state index in [0.29, 0.717) is 17.3 Å². The van der Waals surface area contributed by atoms with Crippen LogP contribution in [0.5, 0.6) is 11.5 Å². The second kappa shape index (κ2) is 7.44. The quantitative estimate of drug-likeness (QED) is 0.653. The number of carbonyl (C=O) groups is 2. The van der Waals surface area contributed by atoms with E-state index in [1.165, 1.54) is 12.1 Å². The summed E-state index contributed by atoms with van der Waals surface area (Å²) in [5.74, 6) is 0.223. The lowest BCUT2D eigenvalue weighted by Gasteiger charge is -2.12. The number of hydrogen-bond acceptors (Lipinski definition) is 6. The summed E-state index contributed by atoms with van der Waals surface area (Å²) >= 11 is 6.05. The maximum absolute atomic E-state index is 12.2. The third kappa shape index (κ3) is 3.61. The van der Waals surface area contributed by atoms with E-state index in [-0.39, 0.29) is 23.4 Å². The number of hydrogen-bond donors (Lipinski definition) is 1. The van der Waals surface area contributed by atoms with Gasteiger partial charge in [-0.15, -0.1) is 0 Å².